The van der Waals surface area contributed by atoms with Gasteiger partial charge in [-0.1, -0.05) is 56.0 Å². The maximum absolute atomic E-state index is 13.5. The molecule has 3 aliphatic heterocycles. The van der Waals surface area contributed by atoms with E-state index in [1.165, 1.54) is 9.80 Å². The summed E-state index contributed by atoms with van der Waals surface area (Å²) in [4.78, 5) is 53.5. The molecular weight excluding hydrogens is 514 g/mol. The van der Waals surface area contributed by atoms with Gasteiger partial charge in [-0.2, -0.15) is 0 Å². The number of para-hydroxylation sites is 1. The second-order valence-corrected chi connectivity index (χ2v) is 12.7. The number of carboxylic acid groups (broad SMARTS) is 1. The van der Waals surface area contributed by atoms with E-state index >= 15 is 0 Å². The summed E-state index contributed by atoms with van der Waals surface area (Å²) in [7, 11) is -3.26. The zero-order valence-corrected chi connectivity index (χ0v) is 21.3. The monoisotopic (exact) mass is 537 g/mol. The number of carboxylic acids is 1. The first-order valence-corrected chi connectivity index (χ1v) is 13.9. The van der Waals surface area contributed by atoms with E-state index in [0.29, 0.717) is 11.3 Å². The minimum atomic E-state index is -3.26. The van der Waals surface area contributed by atoms with Crippen LogP contribution < -0.4 is 10.2 Å². The number of amides is 3. The molecule has 1 aromatic rings. The Morgan fingerprint density at radius 2 is 1.91 bits per heavy atom. The van der Waals surface area contributed by atoms with Gasteiger partial charge in [0.05, 0.1) is 33.7 Å². The molecule has 3 aliphatic rings. The molecule has 0 saturated carbocycles. The van der Waals surface area contributed by atoms with Crippen LogP contribution in [0, 0.1) is 5.92 Å². The average molecular weight is 538 g/mol. The summed E-state index contributed by atoms with van der Waals surface area (Å²) in [6.45, 7) is 2.88. The minimum Gasteiger partial charge on any atom is -0.480 e. The first-order valence-electron chi connectivity index (χ1n) is 10.8. The number of anilines is 1. The molecule has 0 aromatic heterocycles. The smallest absolute Gasteiger partial charge is 0.326 e. The predicted octanol–water partition coefficient (Wildman–Crippen LogP) is 1.02. The van der Waals surface area contributed by atoms with Crippen molar-refractivity contribution in [1.29, 1.82) is 0 Å². The number of fused-ring (bicyclic) bond motifs is 1. The molecule has 0 aliphatic carbocycles. The number of thioether (sulfide) groups is 1. The van der Waals surface area contributed by atoms with Crippen LogP contribution in [0.25, 0.3) is 5.57 Å². The number of nitrogens with zero attached hydrogens (tertiary/aromatic N) is 2. The fourth-order valence-electron chi connectivity index (χ4n) is 4.36. The molecule has 3 heterocycles. The molecule has 2 N–H and O–H groups in total. The molecule has 1 aromatic carbocycles. The standard InChI is InChI=1S/C22H23N3O7S3/c1-11(2)17(21(29)30)23-15(26)9-24-14-6-4-3-5-13(14)16(19(24)27)18-20(28)25(22(33)34-18)12-7-8-35(31,32)10-12/h3-6,11-12,17H,7-10H2,1-2H3,(H,23,26)(H,29,30)/b18-16-/t12-,17-/m1/s1. The fourth-order valence-corrected chi connectivity index (χ4v) is 7.53. The van der Waals surface area contributed by atoms with Gasteiger partial charge in [-0.25, -0.2) is 13.2 Å². The van der Waals surface area contributed by atoms with Crippen molar-refractivity contribution in [2.45, 2.75) is 32.4 Å². The number of aliphatic carboxylic acids is 1. The van der Waals surface area contributed by atoms with Gasteiger partial charge in [-0.05, 0) is 18.4 Å². The Labute approximate surface area is 211 Å². The van der Waals surface area contributed by atoms with E-state index < -0.39 is 52.2 Å². The van der Waals surface area contributed by atoms with E-state index in [1.54, 1.807) is 38.1 Å². The first-order chi connectivity index (χ1) is 16.4. The molecule has 13 heteroatoms. The van der Waals surface area contributed by atoms with Gasteiger partial charge in [0, 0.05) is 5.56 Å². The molecule has 4 rings (SSSR count). The van der Waals surface area contributed by atoms with Crippen molar-refractivity contribution in [3.63, 3.8) is 0 Å². The zero-order valence-electron chi connectivity index (χ0n) is 18.9. The van der Waals surface area contributed by atoms with Gasteiger partial charge in [0.25, 0.3) is 11.8 Å². The first kappa shape index (κ1) is 25.3. The lowest BCUT2D eigenvalue weighted by Gasteiger charge is -2.21. The third kappa shape index (κ3) is 4.71. The Morgan fingerprint density at radius 1 is 1.23 bits per heavy atom. The van der Waals surface area contributed by atoms with Crippen molar-refractivity contribution in [2.75, 3.05) is 23.0 Å². The zero-order chi connectivity index (χ0) is 25.7. The molecule has 186 valence electrons. The van der Waals surface area contributed by atoms with Crippen LogP contribution in [0.4, 0.5) is 5.69 Å². The highest BCUT2D eigenvalue weighted by atomic mass is 32.2. The predicted molar refractivity (Wildman–Crippen MR) is 134 cm³/mol. The van der Waals surface area contributed by atoms with Crippen LogP contribution in [0.2, 0.25) is 0 Å². The number of rotatable bonds is 6. The van der Waals surface area contributed by atoms with Crippen LogP contribution >= 0.6 is 24.0 Å². The van der Waals surface area contributed by atoms with Gasteiger partial charge >= 0.3 is 5.97 Å². The van der Waals surface area contributed by atoms with E-state index in [0.717, 1.165) is 11.8 Å². The van der Waals surface area contributed by atoms with Crippen molar-refractivity contribution in [2.24, 2.45) is 5.92 Å². The summed E-state index contributed by atoms with van der Waals surface area (Å²) in [5.74, 6) is -3.53. The van der Waals surface area contributed by atoms with Crippen molar-refractivity contribution < 1.29 is 32.7 Å². The third-order valence-corrected chi connectivity index (χ3v) is 9.23. The summed E-state index contributed by atoms with van der Waals surface area (Å²) in [5, 5.41) is 11.8. The van der Waals surface area contributed by atoms with E-state index in [9.17, 15) is 32.7 Å². The van der Waals surface area contributed by atoms with E-state index in [1.807, 2.05) is 0 Å². The Bertz CT molecular complexity index is 1290. The number of sulfone groups is 1. The lowest BCUT2D eigenvalue weighted by molar-refractivity contribution is -0.142. The van der Waals surface area contributed by atoms with Gasteiger partial charge in [-0.3, -0.25) is 24.2 Å². The molecule has 2 fully saturated rings. The summed E-state index contributed by atoms with van der Waals surface area (Å²) in [6.07, 6.45) is 0.273. The van der Waals surface area contributed by atoms with Gasteiger partial charge in [0.15, 0.2) is 9.84 Å². The molecule has 0 radical (unpaired) electrons. The summed E-state index contributed by atoms with van der Waals surface area (Å²) in [5.41, 5.74) is 0.948. The average Bonchev–Trinajstić information content (AvgIpc) is 3.36. The van der Waals surface area contributed by atoms with Crippen LogP contribution in [0.15, 0.2) is 29.2 Å². The maximum atomic E-state index is 13.5. The molecule has 0 unspecified atom stereocenters. The molecule has 2 saturated heterocycles. The largest absolute Gasteiger partial charge is 0.480 e. The lowest BCUT2D eigenvalue weighted by Crippen LogP contribution is -2.48. The van der Waals surface area contributed by atoms with Crippen molar-refractivity contribution in [3.05, 3.63) is 34.7 Å². The number of hydrogen-bond acceptors (Lipinski definition) is 8. The second-order valence-electron chi connectivity index (χ2n) is 8.84. The van der Waals surface area contributed by atoms with Crippen molar-refractivity contribution >= 4 is 73.1 Å². The minimum absolute atomic E-state index is 0.0288. The fraction of sp³-hybridized carbons (Fsp3) is 0.409. The van der Waals surface area contributed by atoms with Gasteiger partial charge < -0.3 is 10.4 Å². The number of hydrogen-bond donors (Lipinski definition) is 2. The van der Waals surface area contributed by atoms with Crippen LogP contribution in [-0.2, 0) is 29.0 Å². The Balaban J connectivity index is 1.65. The van der Waals surface area contributed by atoms with Crippen LogP contribution in [0.5, 0.6) is 0 Å². The summed E-state index contributed by atoms with van der Waals surface area (Å²) < 4.78 is 24.1. The highest BCUT2D eigenvalue weighted by Crippen LogP contribution is 2.45. The van der Waals surface area contributed by atoms with E-state index in [4.69, 9.17) is 12.2 Å². The number of nitrogens with one attached hydrogen (secondary N) is 1. The highest BCUT2D eigenvalue weighted by Gasteiger charge is 2.46. The SMILES string of the molecule is CC(C)[C@@H](NC(=O)CN1C(=O)/C(=C2\SC(=S)N([C@@H]3CCS(=O)(=O)C3)C2=O)c2ccccc21)C(=O)O. The van der Waals surface area contributed by atoms with E-state index in [-0.39, 0.29) is 38.6 Å². The maximum Gasteiger partial charge on any atom is 0.326 e. The number of benzene rings is 1. The van der Waals surface area contributed by atoms with E-state index in [2.05, 4.69) is 5.32 Å². The molecule has 10 nitrogen and oxygen atoms in total. The Kier molecular flexibility index (Phi) is 6.77. The van der Waals surface area contributed by atoms with Crippen molar-refractivity contribution in [1.82, 2.24) is 10.2 Å². The number of thiocarbonyl (C=S) groups is 1. The number of carbonyl (C=O) groups is 4. The van der Waals surface area contributed by atoms with Crippen molar-refractivity contribution in [3.8, 4) is 0 Å². The van der Waals surface area contributed by atoms with Crippen LogP contribution in [0.3, 0.4) is 0 Å². The van der Waals surface area contributed by atoms with Gasteiger partial charge in [0.2, 0.25) is 5.91 Å². The van der Waals surface area contributed by atoms with Gasteiger partial charge in [0.1, 0.15) is 16.9 Å². The third-order valence-electron chi connectivity index (χ3n) is 6.07. The number of carbonyl (C=O) groups excluding carboxylic acids is 3. The summed E-state index contributed by atoms with van der Waals surface area (Å²) in [6, 6.07) is 4.97. The second kappa shape index (κ2) is 9.36. The molecule has 0 spiro atoms. The molecule has 35 heavy (non-hydrogen) atoms. The van der Waals surface area contributed by atoms with Crippen LogP contribution in [0.1, 0.15) is 25.8 Å². The summed E-state index contributed by atoms with van der Waals surface area (Å²) >= 11 is 6.31. The molecule has 3 amide bonds. The molecule has 2 atom stereocenters. The molecular formula is C22H23N3O7S3. The topological polar surface area (TPSA) is 141 Å². The van der Waals surface area contributed by atoms with Gasteiger partial charge in [-0.15, -0.1) is 0 Å². The van der Waals surface area contributed by atoms with Crippen LogP contribution in [-0.4, -0.2) is 76.6 Å². The Morgan fingerprint density at radius 3 is 2.51 bits per heavy atom. The normalized spacial score (nSPS) is 24.3. The Hall–Kier alpha value is -2.77. The quantitative estimate of drug-likeness (QED) is 0.402. The molecule has 0 bridgehead atoms. The highest BCUT2D eigenvalue weighted by molar-refractivity contribution is 8.26. The lowest BCUT2D eigenvalue weighted by atomic mass is 10.0.